The summed E-state index contributed by atoms with van der Waals surface area (Å²) in [6, 6.07) is 12.2. The van der Waals surface area contributed by atoms with Gasteiger partial charge in [-0.25, -0.2) is 0 Å². The Bertz CT molecular complexity index is 1070. The van der Waals surface area contributed by atoms with Gasteiger partial charge in [0.1, 0.15) is 17.9 Å². The molecule has 160 valence electrons. The van der Waals surface area contributed by atoms with Gasteiger partial charge in [-0.1, -0.05) is 0 Å². The minimum absolute atomic E-state index is 0.423. The fourth-order valence-corrected chi connectivity index (χ4v) is 5.37. The van der Waals surface area contributed by atoms with Crippen molar-refractivity contribution in [1.82, 2.24) is 0 Å². The van der Waals surface area contributed by atoms with Gasteiger partial charge >= 0.3 is 0 Å². The third-order valence-electron chi connectivity index (χ3n) is 4.84. The van der Waals surface area contributed by atoms with Gasteiger partial charge in [-0.05, 0) is 78.0 Å². The lowest BCUT2D eigenvalue weighted by Gasteiger charge is -2.22. The number of ether oxygens (including phenoxy) is 1. The van der Waals surface area contributed by atoms with Crippen LogP contribution in [0, 0.1) is 0 Å². The second-order valence-corrected chi connectivity index (χ2v) is 10.0. The molecule has 0 N–H and O–H groups in total. The molecule has 0 bridgehead atoms. The van der Waals surface area contributed by atoms with Gasteiger partial charge in [-0.3, -0.25) is 4.21 Å². The van der Waals surface area contributed by atoms with Gasteiger partial charge in [0, 0.05) is 42.0 Å². The Morgan fingerprint density at radius 3 is 2.67 bits per heavy atom. The van der Waals surface area contributed by atoms with Crippen LogP contribution in [0.4, 0.5) is 5.69 Å². The SMILES string of the molecule is CCN(CC)c1ccc(/C=C(\SC)S(C)=O)c(OCc2cc(Br)c3occc3c2)c1. The van der Waals surface area contributed by atoms with Crippen LogP contribution in [-0.2, 0) is 17.4 Å². The van der Waals surface area contributed by atoms with Crippen LogP contribution in [0.1, 0.15) is 25.0 Å². The predicted octanol–water partition coefficient (Wildman–Crippen LogP) is 6.66. The maximum atomic E-state index is 12.0. The van der Waals surface area contributed by atoms with E-state index < -0.39 is 10.8 Å². The summed E-state index contributed by atoms with van der Waals surface area (Å²) in [4.78, 5) is 2.28. The fraction of sp³-hybridized carbons (Fsp3) is 0.304. The van der Waals surface area contributed by atoms with E-state index in [0.717, 1.165) is 55.3 Å². The van der Waals surface area contributed by atoms with E-state index in [-0.39, 0.29) is 0 Å². The molecule has 0 spiro atoms. The van der Waals surface area contributed by atoms with Gasteiger partial charge in [0.15, 0.2) is 0 Å². The van der Waals surface area contributed by atoms with Gasteiger partial charge in [-0.15, -0.1) is 11.8 Å². The van der Waals surface area contributed by atoms with Crippen molar-refractivity contribution < 1.29 is 13.4 Å². The first-order valence-electron chi connectivity index (χ1n) is 9.73. The number of hydrogen-bond acceptors (Lipinski definition) is 5. The van der Waals surface area contributed by atoms with E-state index in [2.05, 4.69) is 52.9 Å². The number of furan rings is 1. The van der Waals surface area contributed by atoms with Crippen molar-refractivity contribution in [3.05, 3.63) is 62.5 Å². The predicted molar refractivity (Wildman–Crippen MR) is 134 cm³/mol. The molecule has 1 heterocycles. The zero-order valence-electron chi connectivity index (χ0n) is 17.6. The highest BCUT2D eigenvalue weighted by Gasteiger charge is 2.11. The average molecular weight is 509 g/mol. The fourth-order valence-electron chi connectivity index (χ4n) is 3.28. The number of fused-ring (bicyclic) bond motifs is 1. The van der Waals surface area contributed by atoms with Gasteiger partial charge in [-0.2, -0.15) is 0 Å². The molecule has 1 atom stereocenters. The van der Waals surface area contributed by atoms with E-state index in [1.807, 2.05) is 30.5 Å². The average Bonchev–Trinajstić information content (AvgIpc) is 3.21. The van der Waals surface area contributed by atoms with Crippen LogP contribution in [0.3, 0.4) is 0 Å². The number of rotatable bonds is 9. The lowest BCUT2D eigenvalue weighted by molar-refractivity contribution is 0.305. The van der Waals surface area contributed by atoms with Crippen molar-refractivity contribution in [3.63, 3.8) is 0 Å². The molecule has 1 aromatic heterocycles. The van der Waals surface area contributed by atoms with Crippen molar-refractivity contribution in [2.45, 2.75) is 20.5 Å². The molecular weight excluding hydrogens is 482 g/mol. The van der Waals surface area contributed by atoms with Crippen LogP contribution < -0.4 is 9.64 Å². The van der Waals surface area contributed by atoms with Crippen molar-refractivity contribution in [1.29, 1.82) is 0 Å². The standard InChI is InChI=1S/C23H26BrNO3S2/c1-5-25(6-2)19-8-7-17(13-22(29-3)30(4)26)21(14-19)28-15-16-11-18-9-10-27-23(18)20(24)12-16/h7-14H,5-6,15H2,1-4H3/b22-13+. The van der Waals surface area contributed by atoms with Crippen molar-refractivity contribution in [3.8, 4) is 5.75 Å². The van der Waals surface area contributed by atoms with Gasteiger partial charge < -0.3 is 14.1 Å². The molecule has 0 radical (unpaired) electrons. The third kappa shape index (κ3) is 5.31. The van der Waals surface area contributed by atoms with E-state index in [4.69, 9.17) is 9.15 Å². The number of halogens is 1. The van der Waals surface area contributed by atoms with E-state index in [0.29, 0.717) is 6.61 Å². The maximum Gasteiger partial charge on any atom is 0.148 e. The van der Waals surface area contributed by atoms with Gasteiger partial charge in [0.05, 0.1) is 25.8 Å². The number of nitrogens with zero attached hydrogens (tertiary/aromatic N) is 1. The molecule has 0 fully saturated rings. The first kappa shape index (κ1) is 23.0. The Balaban J connectivity index is 1.95. The second-order valence-electron chi connectivity index (χ2n) is 6.72. The Morgan fingerprint density at radius 1 is 1.23 bits per heavy atom. The van der Waals surface area contributed by atoms with Crippen molar-refractivity contribution in [2.75, 3.05) is 30.5 Å². The lowest BCUT2D eigenvalue weighted by Crippen LogP contribution is -2.21. The number of thioether (sulfide) groups is 1. The highest BCUT2D eigenvalue weighted by molar-refractivity contribution is 9.10. The largest absolute Gasteiger partial charge is 0.488 e. The summed E-state index contributed by atoms with van der Waals surface area (Å²) in [7, 11) is -1.04. The number of benzene rings is 2. The zero-order valence-corrected chi connectivity index (χ0v) is 20.8. The van der Waals surface area contributed by atoms with Crippen LogP contribution in [-0.4, -0.2) is 29.8 Å². The summed E-state index contributed by atoms with van der Waals surface area (Å²) in [5.41, 5.74) is 3.92. The van der Waals surface area contributed by atoms with E-state index in [9.17, 15) is 4.21 Å². The maximum absolute atomic E-state index is 12.0. The first-order valence-corrected chi connectivity index (χ1v) is 13.3. The summed E-state index contributed by atoms with van der Waals surface area (Å²) in [6.45, 7) is 6.55. The first-order chi connectivity index (χ1) is 14.5. The number of anilines is 1. The highest BCUT2D eigenvalue weighted by Crippen LogP contribution is 2.32. The molecule has 2 aromatic carbocycles. The molecule has 0 saturated carbocycles. The van der Waals surface area contributed by atoms with Crippen molar-refractivity contribution in [2.24, 2.45) is 0 Å². The zero-order chi connectivity index (χ0) is 21.7. The van der Waals surface area contributed by atoms with Crippen molar-refractivity contribution >= 4 is 61.2 Å². The minimum atomic E-state index is -1.04. The molecular formula is C23H26BrNO3S2. The molecule has 0 aliphatic carbocycles. The molecule has 0 aliphatic rings. The smallest absolute Gasteiger partial charge is 0.148 e. The molecule has 0 saturated heterocycles. The van der Waals surface area contributed by atoms with Crippen LogP contribution >= 0.6 is 27.7 Å². The van der Waals surface area contributed by atoms with E-state index in [1.165, 1.54) is 11.8 Å². The summed E-state index contributed by atoms with van der Waals surface area (Å²) in [5.74, 6) is 0.778. The third-order valence-corrected chi connectivity index (χ3v) is 7.84. The summed E-state index contributed by atoms with van der Waals surface area (Å²) in [5, 5.41) is 1.03. The Morgan fingerprint density at radius 2 is 2.00 bits per heavy atom. The monoisotopic (exact) mass is 507 g/mol. The second kappa shape index (κ2) is 10.6. The summed E-state index contributed by atoms with van der Waals surface area (Å²) in [6.07, 6.45) is 7.28. The Kier molecular flexibility index (Phi) is 8.08. The topological polar surface area (TPSA) is 42.7 Å². The van der Waals surface area contributed by atoms with E-state index >= 15 is 0 Å². The Hall–Kier alpha value is -1.70. The molecule has 3 aromatic rings. The molecule has 0 amide bonds. The Labute approximate surface area is 193 Å². The minimum Gasteiger partial charge on any atom is -0.488 e. The van der Waals surface area contributed by atoms with E-state index in [1.54, 1.807) is 12.5 Å². The van der Waals surface area contributed by atoms with Crippen LogP contribution in [0.15, 0.2) is 55.8 Å². The lowest BCUT2D eigenvalue weighted by atomic mass is 10.1. The summed E-state index contributed by atoms with van der Waals surface area (Å²) >= 11 is 5.07. The van der Waals surface area contributed by atoms with Crippen LogP contribution in [0.25, 0.3) is 17.0 Å². The van der Waals surface area contributed by atoms with Crippen LogP contribution in [0.2, 0.25) is 0 Å². The highest BCUT2D eigenvalue weighted by atomic mass is 79.9. The summed E-state index contributed by atoms with van der Waals surface area (Å²) < 4.78 is 25.5. The van der Waals surface area contributed by atoms with Gasteiger partial charge in [0.25, 0.3) is 0 Å². The molecule has 4 nitrogen and oxygen atoms in total. The van der Waals surface area contributed by atoms with Crippen LogP contribution in [0.5, 0.6) is 5.75 Å². The molecule has 30 heavy (non-hydrogen) atoms. The quantitative estimate of drug-likeness (QED) is 0.323. The normalized spacial score (nSPS) is 12.9. The number of hydrogen-bond donors (Lipinski definition) is 0. The van der Waals surface area contributed by atoms with Gasteiger partial charge in [0.2, 0.25) is 0 Å². The molecule has 0 aliphatic heterocycles. The molecule has 7 heteroatoms. The molecule has 3 rings (SSSR count). The molecule has 1 unspecified atom stereocenters.